The second-order valence-corrected chi connectivity index (χ2v) is 4.07. The second-order valence-electron chi connectivity index (χ2n) is 4.07. The molecule has 0 aromatic heterocycles. The van der Waals surface area contributed by atoms with Crippen LogP contribution in [-0.4, -0.2) is 39.4 Å². The molecule has 1 aromatic carbocycles. The molecule has 5 nitrogen and oxygen atoms in total. The molecule has 1 aromatic rings. The molecule has 0 aliphatic rings. The molecule has 0 unspecified atom stereocenters. The van der Waals surface area contributed by atoms with Crippen LogP contribution in [0.4, 0.5) is 13.2 Å². The summed E-state index contributed by atoms with van der Waals surface area (Å²) in [7, 11) is 1.55. The maximum atomic E-state index is 12.7. The normalized spacial score (nSPS) is 11.4. The summed E-state index contributed by atoms with van der Waals surface area (Å²) in [5.41, 5.74) is 3.82. The zero-order valence-corrected chi connectivity index (χ0v) is 11.5. The molecule has 118 valence electrons. The molecule has 1 rings (SSSR count). The van der Waals surface area contributed by atoms with Gasteiger partial charge in [-0.05, 0) is 18.2 Å². The van der Waals surface area contributed by atoms with Gasteiger partial charge in [-0.1, -0.05) is 0 Å². The average Bonchev–Trinajstić information content (AvgIpc) is 2.41. The lowest BCUT2D eigenvalue weighted by molar-refractivity contribution is -0.137. The molecule has 3 N–H and O–H groups in total. The highest BCUT2D eigenvalue weighted by atomic mass is 19.4. The second kappa shape index (κ2) is 7.84. The van der Waals surface area contributed by atoms with Gasteiger partial charge in [0.15, 0.2) is 0 Å². The third-order valence-corrected chi connectivity index (χ3v) is 2.51. The smallest absolute Gasteiger partial charge is 0.417 e. The molecule has 0 saturated carbocycles. The number of benzene rings is 1. The summed E-state index contributed by atoms with van der Waals surface area (Å²) in [6.07, 6.45) is -4.57. The standard InChI is InChI=1S/C13H17F3N2O3/c1-19-4-5-20-6-7-21-9-2-3-11(13(14,15)16)10(8-9)12(17)18/h2-3,8H,4-7H2,1H3,(H3,17,18). The van der Waals surface area contributed by atoms with Crippen LogP contribution in [0.1, 0.15) is 11.1 Å². The molecular weight excluding hydrogens is 289 g/mol. The Morgan fingerprint density at radius 1 is 1.19 bits per heavy atom. The highest BCUT2D eigenvalue weighted by molar-refractivity contribution is 5.97. The Kier molecular flexibility index (Phi) is 6.44. The predicted molar refractivity (Wildman–Crippen MR) is 70.7 cm³/mol. The molecule has 0 amide bonds. The highest BCUT2D eigenvalue weighted by Gasteiger charge is 2.34. The van der Waals surface area contributed by atoms with Gasteiger partial charge >= 0.3 is 6.18 Å². The minimum atomic E-state index is -4.57. The van der Waals surface area contributed by atoms with Gasteiger partial charge in [0, 0.05) is 12.7 Å². The molecule has 8 heteroatoms. The van der Waals surface area contributed by atoms with Crippen LogP contribution >= 0.6 is 0 Å². The summed E-state index contributed by atoms with van der Waals surface area (Å²) in [6, 6.07) is 3.13. The van der Waals surface area contributed by atoms with Crippen LogP contribution in [0.25, 0.3) is 0 Å². The van der Waals surface area contributed by atoms with Gasteiger partial charge in [-0.3, -0.25) is 5.41 Å². The Bertz CT molecular complexity index is 478. The number of rotatable bonds is 8. The van der Waals surface area contributed by atoms with Gasteiger partial charge in [0.05, 0.1) is 25.4 Å². The van der Waals surface area contributed by atoms with Crippen molar-refractivity contribution in [1.82, 2.24) is 0 Å². The minimum absolute atomic E-state index is 0.173. The number of methoxy groups -OCH3 is 1. The fourth-order valence-corrected chi connectivity index (χ4v) is 1.55. The van der Waals surface area contributed by atoms with Crippen LogP contribution in [0.2, 0.25) is 0 Å². The molecule has 0 aliphatic heterocycles. The Hall–Kier alpha value is -1.80. The van der Waals surface area contributed by atoms with E-state index in [1.165, 1.54) is 6.07 Å². The largest absolute Gasteiger partial charge is 0.491 e. The van der Waals surface area contributed by atoms with Crippen molar-refractivity contribution in [3.63, 3.8) is 0 Å². The number of hydrogen-bond acceptors (Lipinski definition) is 4. The quantitative estimate of drug-likeness (QED) is 0.438. The first-order valence-corrected chi connectivity index (χ1v) is 6.11. The van der Waals surface area contributed by atoms with E-state index in [9.17, 15) is 13.2 Å². The maximum absolute atomic E-state index is 12.7. The summed E-state index contributed by atoms with van der Waals surface area (Å²) in [5, 5.41) is 7.23. The summed E-state index contributed by atoms with van der Waals surface area (Å²) < 4.78 is 53.4. The van der Waals surface area contributed by atoms with Gasteiger partial charge in [-0.25, -0.2) is 0 Å². The molecule has 0 atom stereocenters. The van der Waals surface area contributed by atoms with Crippen molar-refractivity contribution in [3.05, 3.63) is 29.3 Å². The number of nitrogens with one attached hydrogen (secondary N) is 1. The number of alkyl halides is 3. The molecule has 0 bridgehead atoms. The van der Waals surface area contributed by atoms with Crippen molar-refractivity contribution >= 4 is 5.84 Å². The van der Waals surface area contributed by atoms with Crippen LogP contribution < -0.4 is 10.5 Å². The first-order chi connectivity index (χ1) is 9.86. The van der Waals surface area contributed by atoms with E-state index in [1.807, 2.05) is 0 Å². The van der Waals surface area contributed by atoms with E-state index in [4.69, 9.17) is 25.4 Å². The summed E-state index contributed by atoms with van der Waals surface area (Å²) in [6.45, 7) is 1.31. The molecule has 0 heterocycles. The highest BCUT2D eigenvalue weighted by Crippen LogP contribution is 2.33. The third-order valence-electron chi connectivity index (χ3n) is 2.51. The SMILES string of the molecule is COCCOCCOc1ccc(C(F)(F)F)c(C(=N)N)c1. The summed E-state index contributed by atoms with van der Waals surface area (Å²) >= 11 is 0. The molecule has 21 heavy (non-hydrogen) atoms. The fraction of sp³-hybridized carbons (Fsp3) is 0.462. The summed E-state index contributed by atoms with van der Waals surface area (Å²) in [4.78, 5) is 0. The monoisotopic (exact) mass is 306 g/mol. The van der Waals surface area contributed by atoms with Crippen LogP contribution in [0.3, 0.4) is 0 Å². The maximum Gasteiger partial charge on any atom is 0.417 e. The van der Waals surface area contributed by atoms with Crippen molar-refractivity contribution in [2.24, 2.45) is 5.73 Å². The average molecular weight is 306 g/mol. The van der Waals surface area contributed by atoms with Gasteiger partial charge in [0.2, 0.25) is 0 Å². The predicted octanol–water partition coefficient (Wildman–Crippen LogP) is 2.03. The number of amidine groups is 1. The van der Waals surface area contributed by atoms with Gasteiger partial charge in [0.1, 0.15) is 18.2 Å². The Labute approximate surface area is 120 Å². The van der Waals surface area contributed by atoms with Gasteiger partial charge in [-0.15, -0.1) is 0 Å². The van der Waals surface area contributed by atoms with E-state index in [2.05, 4.69) is 0 Å². The van der Waals surface area contributed by atoms with Gasteiger partial charge in [-0.2, -0.15) is 13.2 Å². The van der Waals surface area contributed by atoms with E-state index >= 15 is 0 Å². The van der Waals surface area contributed by atoms with Crippen LogP contribution in [-0.2, 0) is 15.7 Å². The Morgan fingerprint density at radius 2 is 1.86 bits per heavy atom. The zero-order valence-electron chi connectivity index (χ0n) is 11.5. The Morgan fingerprint density at radius 3 is 2.43 bits per heavy atom. The number of nitrogen functional groups attached to an aromatic ring is 1. The topological polar surface area (TPSA) is 77.6 Å². The molecule has 0 fully saturated rings. The van der Waals surface area contributed by atoms with E-state index < -0.39 is 23.1 Å². The van der Waals surface area contributed by atoms with Gasteiger partial charge in [0.25, 0.3) is 0 Å². The number of nitrogens with two attached hydrogens (primary N) is 1. The Balaban J connectivity index is 2.65. The fourth-order valence-electron chi connectivity index (χ4n) is 1.55. The van der Waals surface area contributed by atoms with Crippen molar-refractivity contribution in [2.45, 2.75) is 6.18 Å². The van der Waals surface area contributed by atoms with E-state index in [0.29, 0.717) is 13.2 Å². The van der Waals surface area contributed by atoms with Crippen molar-refractivity contribution in [1.29, 1.82) is 5.41 Å². The molecule has 0 aliphatic carbocycles. The van der Waals surface area contributed by atoms with Crippen molar-refractivity contribution < 1.29 is 27.4 Å². The van der Waals surface area contributed by atoms with Crippen molar-refractivity contribution in [2.75, 3.05) is 33.5 Å². The van der Waals surface area contributed by atoms with Gasteiger partial charge < -0.3 is 19.9 Å². The van der Waals surface area contributed by atoms with Crippen LogP contribution in [0, 0.1) is 5.41 Å². The lowest BCUT2D eigenvalue weighted by Gasteiger charge is -2.14. The molecule has 0 saturated heterocycles. The molecule has 0 spiro atoms. The number of halogens is 3. The minimum Gasteiger partial charge on any atom is -0.491 e. The van der Waals surface area contributed by atoms with Crippen LogP contribution in [0.5, 0.6) is 5.75 Å². The summed E-state index contributed by atoms with van der Waals surface area (Å²) in [5.74, 6) is -0.465. The molecule has 0 radical (unpaired) electrons. The van der Waals surface area contributed by atoms with Crippen molar-refractivity contribution in [3.8, 4) is 5.75 Å². The first-order valence-electron chi connectivity index (χ1n) is 6.11. The van der Waals surface area contributed by atoms with E-state index in [1.54, 1.807) is 7.11 Å². The lowest BCUT2D eigenvalue weighted by Crippen LogP contribution is -2.19. The van der Waals surface area contributed by atoms with Crippen LogP contribution in [0.15, 0.2) is 18.2 Å². The number of hydrogen-bond donors (Lipinski definition) is 2. The third kappa shape index (κ3) is 5.60. The van der Waals surface area contributed by atoms with E-state index in [0.717, 1.165) is 12.1 Å². The number of ether oxygens (including phenoxy) is 3. The lowest BCUT2D eigenvalue weighted by atomic mass is 10.1. The van der Waals surface area contributed by atoms with E-state index in [-0.39, 0.29) is 19.0 Å². The zero-order chi connectivity index (χ0) is 15.9. The first kappa shape index (κ1) is 17.3. The molecular formula is C13H17F3N2O3.